The van der Waals surface area contributed by atoms with Crippen molar-refractivity contribution in [1.82, 2.24) is 4.98 Å². The second kappa shape index (κ2) is 8.93. The summed E-state index contributed by atoms with van der Waals surface area (Å²) in [6.45, 7) is 4.14. The molecule has 3 heterocycles. The van der Waals surface area contributed by atoms with Gasteiger partial charge in [0.15, 0.2) is 9.84 Å². The largest absolute Gasteiger partial charge is 0.475 e. The maximum atomic E-state index is 13.4. The van der Waals surface area contributed by atoms with Gasteiger partial charge in [0, 0.05) is 24.7 Å². The molecule has 0 amide bonds. The molecule has 2 aromatic rings. The number of anilines is 2. The van der Waals surface area contributed by atoms with Gasteiger partial charge in [-0.2, -0.15) is 0 Å². The molecule has 8 nitrogen and oxygen atoms in total. The van der Waals surface area contributed by atoms with Crippen molar-refractivity contribution >= 4 is 44.3 Å². The maximum absolute atomic E-state index is 13.4. The van der Waals surface area contributed by atoms with Crippen LogP contribution in [0.15, 0.2) is 39.1 Å². The van der Waals surface area contributed by atoms with Gasteiger partial charge in [-0.1, -0.05) is 0 Å². The third-order valence-electron chi connectivity index (χ3n) is 6.32. The summed E-state index contributed by atoms with van der Waals surface area (Å²) in [5.74, 6) is -0.667. The van der Waals surface area contributed by atoms with E-state index in [4.69, 9.17) is 4.74 Å². The summed E-state index contributed by atoms with van der Waals surface area (Å²) in [7, 11) is -3.75. The number of benzene rings is 1. The van der Waals surface area contributed by atoms with Crippen molar-refractivity contribution in [3.8, 4) is 0 Å². The molecule has 2 aliphatic heterocycles. The number of hydrogen-bond donors (Lipinski definition) is 1. The van der Waals surface area contributed by atoms with E-state index in [0.717, 1.165) is 6.26 Å². The number of hydrogen-bond acceptors (Lipinski definition) is 8. The first-order valence-electron chi connectivity index (χ1n) is 11.7. The van der Waals surface area contributed by atoms with E-state index in [2.05, 4.69) is 20.3 Å². The summed E-state index contributed by atoms with van der Waals surface area (Å²) >= 11 is 0. The molecule has 0 unspecified atom stereocenters. The van der Waals surface area contributed by atoms with Gasteiger partial charge in [0.1, 0.15) is 24.2 Å². The molecule has 37 heavy (non-hydrogen) atoms. The summed E-state index contributed by atoms with van der Waals surface area (Å²) in [4.78, 5) is 25.2. The first-order chi connectivity index (χ1) is 17.3. The van der Waals surface area contributed by atoms with E-state index in [0.29, 0.717) is 18.1 Å². The molecule has 1 aromatic carbocycles. The Labute approximate surface area is 212 Å². The number of carbonyl (C=O) groups is 1. The number of fused-ring (bicyclic) bond motifs is 1. The van der Waals surface area contributed by atoms with Crippen molar-refractivity contribution in [2.75, 3.05) is 18.2 Å². The number of sulfone groups is 1. The van der Waals surface area contributed by atoms with E-state index in [1.54, 1.807) is 6.07 Å². The third kappa shape index (κ3) is 5.25. The van der Waals surface area contributed by atoms with Crippen LogP contribution in [0.3, 0.4) is 0 Å². The second-order valence-corrected chi connectivity index (χ2v) is 12.1. The Kier molecular flexibility index (Phi) is 6.12. The number of rotatable bonds is 8. The van der Waals surface area contributed by atoms with Gasteiger partial charge in [0.05, 0.1) is 44.8 Å². The number of nitrogens with zero attached hydrogens (tertiary/aromatic N) is 3. The smallest absolute Gasteiger partial charge is 0.277 e. The molecule has 12 heteroatoms. The van der Waals surface area contributed by atoms with Crippen molar-refractivity contribution in [3.05, 3.63) is 41.2 Å². The molecule has 1 aliphatic carbocycles. The minimum atomic E-state index is -3.75. The highest BCUT2D eigenvalue weighted by atomic mass is 32.2. The number of ketones is 1. The zero-order chi connectivity index (χ0) is 26.7. The second-order valence-electron chi connectivity index (χ2n) is 10.2. The Morgan fingerprint density at radius 1 is 1.24 bits per heavy atom. The fourth-order valence-electron chi connectivity index (χ4n) is 4.31. The number of Topliss-reactive ketones (excluding diaryl/α,β-unsaturated/α-hetero) is 1. The Morgan fingerprint density at radius 2 is 1.97 bits per heavy atom. The zero-order valence-electron chi connectivity index (χ0n) is 20.4. The molecule has 2 atom stereocenters. The number of aromatic nitrogens is 1. The van der Waals surface area contributed by atoms with Crippen LogP contribution in [0.1, 0.15) is 37.2 Å². The molecule has 1 N–H and O–H groups in total. The number of ether oxygens (including phenoxy) is 1. The molecule has 0 radical (unpaired) electrons. The molecule has 196 valence electrons. The Morgan fingerprint density at radius 3 is 2.57 bits per heavy atom. The molecular weight excluding hydrogens is 509 g/mol. The lowest BCUT2D eigenvalue weighted by atomic mass is 10.1. The van der Waals surface area contributed by atoms with Gasteiger partial charge in [-0.15, -0.1) is 0 Å². The van der Waals surface area contributed by atoms with Gasteiger partial charge < -0.3 is 10.1 Å². The number of halogens is 3. The number of nitrogens with one attached hydrogen (secondary N) is 1. The van der Waals surface area contributed by atoms with Crippen LogP contribution in [0, 0.1) is 5.92 Å². The van der Waals surface area contributed by atoms with E-state index in [-0.39, 0.29) is 64.1 Å². The first kappa shape index (κ1) is 25.4. The highest BCUT2D eigenvalue weighted by Gasteiger charge is 2.43. The standard InChI is InChI=1S/C25H25F3N4O4S/c1-25(2)11-36-24(32-25)12-4-5-16(21(6-12)37(3,34)35)30-17-7-13(8-20(33)14-9-15(14)26)29-18-10-19(23(27)28)31-22(17)18/h4-7,14-15,23H,8-11H2,1-3H3,(H,29,30)/t14-,15+/m1/s1. The highest BCUT2D eigenvalue weighted by molar-refractivity contribution is 7.90. The molecule has 5 rings (SSSR count). The molecular formula is C25H25F3N4O4S. The minimum Gasteiger partial charge on any atom is -0.475 e. The molecule has 1 saturated carbocycles. The van der Waals surface area contributed by atoms with Crippen LogP contribution in [0.25, 0.3) is 0 Å². The molecule has 0 bridgehead atoms. The van der Waals surface area contributed by atoms with E-state index in [9.17, 15) is 26.4 Å². The van der Waals surface area contributed by atoms with E-state index >= 15 is 0 Å². The average molecular weight is 535 g/mol. The quantitative estimate of drug-likeness (QED) is 0.545. The third-order valence-corrected chi connectivity index (χ3v) is 7.46. The number of carbonyl (C=O) groups excluding carboxylic acids is 1. The van der Waals surface area contributed by atoms with Crippen LogP contribution >= 0.6 is 0 Å². The average Bonchev–Trinajstić information content (AvgIpc) is 3.20. The first-order valence-corrected chi connectivity index (χ1v) is 13.6. The summed E-state index contributed by atoms with van der Waals surface area (Å²) in [5.41, 5.74) is 0.727. The van der Waals surface area contributed by atoms with Gasteiger partial charge in [-0.25, -0.2) is 31.6 Å². The summed E-state index contributed by atoms with van der Waals surface area (Å²) in [6.07, 6.45) is -3.11. The molecule has 1 aromatic heterocycles. The van der Waals surface area contributed by atoms with Crippen LogP contribution in [0.2, 0.25) is 0 Å². The minimum absolute atomic E-state index is 0.0569. The lowest BCUT2D eigenvalue weighted by Crippen LogP contribution is -2.17. The van der Waals surface area contributed by atoms with Crippen molar-refractivity contribution in [3.63, 3.8) is 0 Å². The lowest BCUT2D eigenvalue weighted by molar-refractivity contribution is -0.120. The van der Waals surface area contributed by atoms with Crippen LogP contribution in [0.5, 0.6) is 0 Å². The van der Waals surface area contributed by atoms with Crippen molar-refractivity contribution < 1.29 is 31.1 Å². The van der Waals surface area contributed by atoms with Gasteiger partial charge in [-0.05, 0) is 44.5 Å². The van der Waals surface area contributed by atoms with Gasteiger partial charge >= 0.3 is 0 Å². The number of aliphatic imine (C=N–C) groups is 2. The fourth-order valence-corrected chi connectivity index (χ4v) is 5.17. The molecule has 0 saturated heterocycles. The van der Waals surface area contributed by atoms with Gasteiger partial charge in [0.25, 0.3) is 6.43 Å². The topological polar surface area (TPSA) is 110 Å². The van der Waals surface area contributed by atoms with Gasteiger partial charge in [0.2, 0.25) is 5.90 Å². The summed E-state index contributed by atoms with van der Waals surface area (Å²) in [5, 5.41) is 3.00. The predicted octanol–water partition coefficient (Wildman–Crippen LogP) is 4.15. The number of alkyl halides is 3. The summed E-state index contributed by atoms with van der Waals surface area (Å²) in [6, 6.07) is 6.08. The maximum Gasteiger partial charge on any atom is 0.277 e. The number of pyridine rings is 1. The zero-order valence-corrected chi connectivity index (χ0v) is 21.2. The van der Waals surface area contributed by atoms with Crippen LogP contribution in [0.4, 0.5) is 30.2 Å². The van der Waals surface area contributed by atoms with Crippen molar-refractivity contribution in [2.45, 2.75) is 56.1 Å². The van der Waals surface area contributed by atoms with Crippen LogP contribution in [-0.2, 0) is 32.2 Å². The highest BCUT2D eigenvalue weighted by Crippen LogP contribution is 2.40. The Hall–Kier alpha value is -3.28. The van der Waals surface area contributed by atoms with Crippen molar-refractivity contribution in [1.29, 1.82) is 0 Å². The predicted molar refractivity (Wildman–Crippen MR) is 132 cm³/mol. The Balaban J connectivity index is 1.54. The monoisotopic (exact) mass is 534 g/mol. The van der Waals surface area contributed by atoms with E-state index in [1.165, 1.54) is 18.2 Å². The fraction of sp³-hybridized carbons (Fsp3) is 0.440. The van der Waals surface area contributed by atoms with Crippen molar-refractivity contribution in [2.24, 2.45) is 15.9 Å². The lowest BCUT2D eigenvalue weighted by Gasteiger charge is -2.15. The van der Waals surface area contributed by atoms with Crippen LogP contribution in [-0.4, -0.2) is 61.8 Å². The molecule has 0 spiro atoms. The van der Waals surface area contributed by atoms with Crippen LogP contribution < -0.4 is 5.32 Å². The SMILES string of the molecule is CC1(C)COC(c2ccc(Nc3cc(CC(=O)[C@@H]4C[C@@H]4F)nc4c3N=C(C(F)F)C4)c(S(C)(=O)=O)c2)=N1. The van der Waals surface area contributed by atoms with E-state index < -0.39 is 33.9 Å². The normalized spacial score (nSPS) is 21.8. The summed E-state index contributed by atoms with van der Waals surface area (Å²) < 4.78 is 71.2. The molecule has 1 fully saturated rings. The van der Waals surface area contributed by atoms with Gasteiger partial charge in [-0.3, -0.25) is 9.78 Å². The Bertz CT molecular complexity index is 1470. The van der Waals surface area contributed by atoms with E-state index in [1.807, 2.05) is 13.8 Å². The molecule has 3 aliphatic rings.